The molecule has 6 nitrogen and oxygen atoms in total. The lowest BCUT2D eigenvalue weighted by atomic mass is 10.2. The van der Waals surface area contributed by atoms with Crippen molar-refractivity contribution in [1.29, 1.82) is 0 Å². The molecule has 116 valence electrons. The number of nitro benzene ring substituents is 1. The number of carbonyl (C=O) groups is 1. The number of unbranched alkanes of at least 4 members (excludes halogenated alkanes) is 3. The topological polar surface area (TPSA) is 81.5 Å². The van der Waals surface area contributed by atoms with Crippen molar-refractivity contribution >= 4 is 11.6 Å². The first-order chi connectivity index (χ1) is 10.0. The quantitative estimate of drug-likeness (QED) is 0.432. The van der Waals surface area contributed by atoms with E-state index in [0.717, 1.165) is 43.9 Å². The van der Waals surface area contributed by atoms with Crippen molar-refractivity contribution in [2.45, 2.75) is 32.6 Å². The summed E-state index contributed by atoms with van der Waals surface area (Å²) in [5.74, 6) is -1.29. The fraction of sp³-hybridized carbons (Fsp3) is 0.500. The maximum atomic E-state index is 13.1. The molecule has 1 rings (SSSR count). The Labute approximate surface area is 122 Å². The summed E-state index contributed by atoms with van der Waals surface area (Å²) in [5.41, 5.74) is -0.368. The molecular weight excluding hydrogens is 279 g/mol. The number of rotatable bonds is 9. The normalized spacial score (nSPS) is 10.2. The highest BCUT2D eigenvalue weighted by atomic mass is 19.1. The summed E-state index contributed by atoms with van der Waals surface area (Å²) in [4.78, 5) is 21.6. The molecule has 0 saturated heterocycles. The molecular formula is C14H19FN2O4. The number of hydrogen-bond donors (Lipinski definition) is 1. The molecule has 0 radical (unpaired) electrons. The Balaban J connectivity index is 2.42. The van der Waals surface area contributed by atoms with Crippen molar-refractivity contribution in [2.75, 3.05) is 13.2 Å². The molecule has 1 amide bonds. The molecule has 0 spiro atoms. The number of benzene rings is 1. The van der Waals surface area contributed by atoms with Crippen LogP contribution >= 0.6 is 0 Å². The number of halogens is 1. The Bertz CT molecular complexity index is 494. The molecule has 0 aliphatic carbocycles. The van der Waals surface area contributed by atoms with E-state index < -0.39 is 10.7 Å². The van der Waals surface area contributed by atoms with Gasteiger partial charge < -0.3 is 10.1 Å². The van der Waals surface area contributed by atoms with E-state index in [9.17, 15) is 19.3 Å². The van der Waals surface area contributed by atoms with Crippen molar-refractivity contribution < 1.29 is 18.8 Å². The van der Waals surface area contributed by atoms with E-state index in [1.54, 1.807) is 0 Å². The standard InChI is InChI=1S/C14H19FN2O4/c1-2-3-4-5-8-16-14(18)10-21-13-9-11(15)6-7-12(13)17(19)20/h6-7,9H,2-5,8,10H2,1H3,(H,16,18). The maximum absolute atomic E-state index is 13.1. The van der Waals surface area contributed by atoms with Crippen LogP contribution < -0.4 is 10.1 Å². The van der Waals surface area contributed by atoms with Crippen LogP contribution in [0.1, 0.15) is 32.6 Å². The Morgan fingerprint density at radius 2 is 2.14 bits per heavy atom. The van der Waals surface area contributed by atoms with Crippen molar-refractivity contribution in [2.24, 2.45) is 0 Å². The molecule has 21 heavy (non-hydrogen) atoms. The minimum atomic E-state index is -0.683. The average molecular weight is 298 g/mol. The van der Waals surface area contributed by atoms with Crippen molar-refractivity contribution in [3.8, 4) is 5.75 Å². The zero-order chi connectivity index (χ0) is 15.7. The Morgan fingerprint density at radius 3 is 2.81 bits per heavy atom. The summed E-state index contributed by atoms with van der Waals surface area (Å²) in [6, 6.07) is 2.87. The lowest BCUT2D eigenvalue weighted by molar-refractivity contribution is -0.385. The molecule has 0 aliphatic heterocycles. The van der Waals surface area contributed by atoms with Gasteiger partial charge in [0.1, 0.15) is 5.82 Å². The number of hydrogen-bond acceptors (Lipinski definition) is 4. The molecule has 0 saturated carbocycles. The monoisotopic (exact) mass is 298 g/mol. The van der Waals surface area contributed by atoms with Crippen LogP contribution in [0.25, 0.3) is 0 Å². The highest BCUT2D eigenvalue weighted by Gasteiger charge is 2.16. The molecule has 0 atom stereocenters. The summed E-state index contributed by atoms with van der Waals surface area (Å²) in [7, 11) is 0. The van der Waals surface area contributed by atoms with E-state index in [1.807, 2.05) is 0 Å². The molecule has 0 unspecified atom stereocenters. The third kappa shape index (κ3) is 6.20. The van der Waals surface area contributed by atoms with Crippen LogP contribution in [0, 0.1) is 15.9 Å². The number of nitro groups is 1. The van der Waals surface area contributed by atoms with Gasteiger partial charge in [0.15, 0.2) is 6.61 Å². The largest absolute Gasteiger partial charge is 0.477 e. The first kappa shape index (κ1) is 16.9. The number of amides is 1. The number of nitrogens with zero attached hydrogens (tertiary/aromatic N) is 1. The fourth-order valence-electron chi connectivity index (χ4n) is 1.73. The first-order valence-electron chi connectivity index (χ1n) is 6.88. The summed E-state index contributed by atoms with van der Waals surface area (Å²) in [6.45, 7) is 2.25. The van der Waals surface area contributed by atoms with Crippen LogP contribution in [0.5, 0.6) is 5.75 Å². The van der Waals surface area contributed by atoms with E-state index in [-0.39, 0.29) is 24.0 Å². The third-order valence-corrected chi connectivity index (χ3v) is 2.83. The van der Waals surface area contributed by atoms with E-state index >= 15 is 0 Å². The maximum Gasteiger partial charge on any atom is 0.311 e. The van der Waals surface area contributed by atoms with Gasteiger partial charge in [-0.25, -0.2) is 4.39 Å². The smallest absolute Gasteiger partial charge is 0.311 e. The minimum Gasteiger partial charge on any atom is -0.477 e. The van der Waals surface area contributed by atoms with E-state index in [4.69, 9.17) is 4.74 Å². The van der Waals surface area contributed by atoms with Gasteiger partial charge in [0, 0.05) is 18.7 Å². The van der Waals surface area contributed by atoms with Crippen LogP contribution in [0.2, 0.25) is 0 Å². The van der Waals surface area contributed by atoms with Gasteiger partial charge in [-0.1, -0.05) is 26.2 Å². The molecule has 1 N–H and O–H groups in total. The fourth-order valence-corrected chi connectivity index (χ4v) is 1.73. The van der Waals surface area contributed by atoms with E-state index in [1.165, 1.54) is 0 Å². The second-order valence-corrected chi connectivity index (χ2v) is 4.57. The van der Waals surface area contributed by atoms with Gasteiger partial charge in [-0.2, -0.15) is 0 Å². The predicted octanol–water partition coefficient (Wildman–Crippen LogP) is 2.81. The van der Waals surface area contributed by atoms with Crippen molar-refractivity contribution in [3.63, 3.8) is 0 Å². The predicted molar refractivity (Wildman–Crippen MR) is 75.7 cm³/mol. The second-order valence-electron chi connectivity index (χ2n) is 4.57. The number of carbonyl (C=O) groups excluding carboxylic acids is 1. The van der Waals surface area contributed by atoms with Crippen molar-refractivity contribution in [1.82, 2.24) is 5.32 Å². The molecule has 0 aromatic heterocycles. The second kappa shape index (κ2) is 8.89. The number of nitrogens with one attached hydrogen (secondary N) is 1. The highest BCUT2D eigenvalue weighted by Crippen LogP contribution is 2.27. The lowest BCUT2D eigenvalue weighted by Gasteiger charge is -2.08. The summed E-state index contributed by atoms with van der Waals surface area (Å²) < 4.78 is 18.1. The molecule has 7 heteroatoms. The van der Waals surface area contributed by atoms with Crippen LogP contribution in [-0.4, -0.2) is 24.0 Å². The highest BCUT2D eigenvalue weighted by molar-refractivity contribution is 5.77. The van der Waals surface area contributed by atoms with Gasteiger partial charge in [0.2, 0.25) is 5.75 Å². The SMILES string of the molecule is CCCCCCNC(=O)COc1cc(F)ccc1[N+](=O)[O-]. The zero-order valence-corrected chi connectivity index (χ0v) is 11.9. The Morgan fingerprint density at radius 1 is 1.38 bits per heavy atom. The molecule has 1 aromatic rings. The van der Waals surface area contributed by atoms with E-state index in [0.29, 0.717) is 6.54 Å². The number of ether oxygens (including phenoxy) is 1. The zero-order valence-electron chi connectivity index (χ0n) is 11.9. The lowest BCUT2D eigenvalue weighted by Crippen LogP contribution is -2.29. The van der Waals surface area contributed by atoms with Gasteiger partial charge in [-0.05, 0) is 12.5 Å². The first-order valence-corrected chi connectivity index (χ1v) is 6.88. The molecule has 0 fully saturated rings. The molecule has 0 bridgehead atoms. The van der Waals surface area contributed by atoms with Gasteiger partial charge in [-0.15, -0.1) is 0 Å². The Kier molecular flexibility index (Phi) is 7.14. The van der Waals surface area contributed by atoms with Gasteiger partial charge in [0.25, 0.3) is 5.91 Å². The molecule has 1 aromatic carbocycles. The van der Waals surface area contributed by atoms with E-state index in [2.05, 4.69) is 12.2 Å². The van der Waals surface area contributed by atoms with Crippen LogP contribution in [0.4, 0.5) is 10.1 Å². The average Bonchev–Trinajstić information content (AvgIpc) is 2.44. The summed E-state index contributed by atoms with van der Waals surface area (Å²) in [6.07, 6.45) is 4.13. The molecule has 0 aliphatic rings. The summed E-state index contributed by atoms with van der Waals surface area (Å²) >= 11 is 0. The Hall–Kier alpha value is -2.18. The third-order valence-electron chi connectivity index (χ3n) is 2.83. The van der Waals surface area contributed by atoms with Crippen LogP contribution in [0.15, 0.2) is 18.2 Å². The van der Waals surface area contributed by atoms with Gasteiger partial charge in [0.05, 0.1) is 4.92 Å². The van der Waals surface area contributed by atoms with Crippen LogP contribution in [-0.2, 0) is 4.79 Å². The minimum absolute atomic E-state index is 0.249. The van der Waals surface area contributed by atoms with Crippen LogP contribution in [0.3, 0.4) is 0 Å². The van der Waals surface area contributed by atoms with Gasteiger partial charge >= 0.3 is 5.69 Å². The molecule has 0 heterocycles. The van der Waals surface area contributed by atoms with Gasteiger partial charge in [-0.3, -0.25) is 14.9 Å². The summed E-state index contributed by atoms with van der Waals surface area (Å²) in [5, 5.41) is 13.4. The van der Waals surface area contributed by atoms with Crippen molar-refractivity contribution in [3.05, 3.63) is 34.1 Å².